The van der Waals surface area contributed by atoms with Gasteiger partial charge in [0.15, 0.2) is 0 Å². The quantitative estimate of drug-likeness (QED) is 0.690. The summed E-state index contributed by atoms with van der Waals surface area (Å²) in [5, 5.41) is 4.93. The molecule has 0 atom stereocenters. The van der Waals surface area contributed by atoms with Crippen LogP contribution >= 0.6 is 0 Å². The van der Waals surface area contributed by atoms with E-state index in [-0.39, 0.29) is 5.83 Å². The van der Waals surface area contributed by atoms with Crippen LogP contribution < -0.4 is 15.9 Å². The van der Waals surface area contributed by atoms with Gasteiger partial charge in [-0.05, 0) is 19.9 Å². The van der Waals surface area contributed by atoms with E-state index in [1.54, 1.807) is 0 Å². The van der Waals surface area contributed by atoms with E-state index in [4.69, 9.17) is 0 Å². The Morgan fingerprint density at radius 3 is 2.79 bits per heavy atom. The van der Waals surface area contributed by atoms with Gasteiger partial charge in [0.2, 0.25) is 0 Å². The van der Waals surface area contributed by atoms with Crippen molar-refractivity contribution in [2.75, 3.05) is 13.1 Å². The third kappa shape index (κ3) is 1.38. The molecule has 0 radical (unpaired) electrons. The summed E-state index contributed by atoms with van der Waals surface area (Å²) in [7, 11) is 0. The third-order valence-electron chi connectivity index (χ3n) is 2.75. The van der Waals surface area contributed by atoms with E-state index in [0.29, 0.717) is 6.04 Å². The zero-order valence-corrected chi connectivity index (χ0v) is 8.55. The first-order valence-electron chi connectivity index (χ1n) is 4.94. The molecule has 0 aliphatic carbocycles. The van der Waals surface area contributed by atoms with E-state index >= 15 is 0 Å². The molecular weight excluding hydrogens is 179 g/mol. The molecule has 14 heavy (non-hydrogen) atoms. The molecule has 2 nitrogen and oxygen atoms in total. The minimum Gasteiger partial charge on any atom is -0.342 e. The maximum Gasteiger partial charge on any atom is 0.106 e. The molecule has 1 aromatic rings. The zero-order valence-electron chi connectivity index (χ0n) is 8.55. The van der Waals surface area contributed by atoms with Gasteiger partial charge in [-0.2, -0.15) is 0 Å². The molecule has 0 saturated carbocycles. The van der Waals surface area contributed by atoms with Crippen LogP contribution in [0, 0.1) is 0 Å². The summed E-state index contributed by atoms with van der Waals surface area (Å²) in [6.07, 6.45) is 3.94. The standard InChI is InChI=1S/C11H15FN2/c1-3-11-10(8(2)12)4-5-14(11)9-6-13-7-9/h3-5,9,13H,6-7H2,1-2H3/b10-8+,11-3+. The Balaban J connectivity index is 2.59. The molecule has 0 bridgehead atoms. The van der Waals surface area contributed by atoms with Crippen LogP contribution in [0.5, 0.6) is 0 Å². The first-order valence-corrected chi connectivity index (χ1v) is 4.94. The minimum absolute atomic E-state index is 0.107. The minimum atomic E-state index is -0.107. The van der Waals surface area contributed by atoms with Gasteiger partial charge >= 0.3 is 0 Å². The topological polar surface area (TPSA) is 17.0 Å². The number of hydrogen-bond acceptors (Lipinski definition) is 1. The van der Waals surface area contributed by atoms with Crippen LogP contribution in [0.15, 0.2) is 12.3 Å². The summed E-state index contributed by atoms with van der Waals surface area (Å²) in [5.74, 6) is -0.107. The molecule has 2 heterocycles. The zero-order chi connectivity index (χ0) is 10.1. The van der Waals surface area contributed by atoms with Gasteiger partial charge in [0, 0.05) is 29.9 Å². The Morgan fingerprint density at radius 1 is 1.64 bits per heavy atom. The number of nitrogens with zero attached hydrogens (tertiary/aromatic N) is 1. The Hall–Kier alpha value is -1.09. The Morgan fingerprint density at radius 2 is 2.36 bits per heavy atom. The lowest BCUT2D eigenvalue weighted by atomic mass is 10.2. The second kappa shape index (κ2) is 3.58. The fourth-order valence-electron chi connectivity index (χ4n) is 1.84. The molecule has 0 aromatic carbocycles. The molecule has 1 aliphatic heterocycles. The highest BCUT2D eigenvalue weighted by molar-refractivity contribution is 5.34. The van der Waals surface area contributed by atoms with E-state index in [0.717, 1.165) is 23.7 Å². The molecule has 1 aliphatic rings. The van der Waals surface area contributed by atoms with Crippen LogP contribution in [0.4, 0.5) is 4.39 Å². The Kier molecular flexibility index (Phi) is 2.42. The summed E-state index contributed by atoms with van der Waals surface area (Å²) < 4.78 is 15.3. The van der Waals surface area contributed by atoms with Crippen molar-refractivity contribution in [1.29, 1.82) is 0 Å². The second-order valence-electron chi connectivity index (χ2n) is 3.66. The van der Waals surface area contributed by atoms with Crippen molar-refractivity contribution in [3.8, 4) is 0 Å². The van der Waals surface area contributed by atoms with E-state index in [1.807, 2.05) is 25.3 Å². The fraction of sp³-hybridized carbons (Fsp3) is 0.455. The van der Waals surface area contributed by atoms with Crippen molar-refractivity contribution < 1.29 is 4.39 Å². The SMILES string of the molecule is C/C=c1\c(=C(/C)F)ccn1C1CNC1. The van der Waals surface area contributed by atoms with E-state index in [1.165, 1.54) is 6.92 Å². The predicted molar refractivity (Wildman–Crippen MR) is 55.9 cm³/mol. The maximum absolute atomic E-state index is 13.1. The van der Waals surface area contributed by atoms with Gasteiger partial charge in [-0.25, -0.2) is 4.39 Å². The van der Waals surface area contributed by atoms with Crippen molar-refractivity contribution >= 4 is 11.9 Å². The van der Waals surface area contributed by atoms with Gasteiger partial charge in [-0.3, -0.25) is 0 Å². The van der Waals surface area contributed by atoms with Crippen LogP contribution in [-0.4, -0.2) is 17.7 Å². The molecule has 1 N–H and O–H groups in total. The van der Waals surface area contributed by atoms with Gasteiger partial charge in [0.1, 0.15) is 5.83 Å². The van der Waals surface area contributed by atoms with Crippen molar-refractivity contribution in [2.45, 2.75) is 19.9 Å². The summed E-state index contributed by atoms with van der Waals surface area (Å²) in [6.45, 7) is 5.43. The smallest absolute Gasteiger partial charge is 0.106 e. The van der Waals surface area contributed by atoms with Crippen molar-refractivity contribution in [1.82, 2.24) is 9.88 Å². The van der Waals surface area contributed by atoms with Crippen molar-refractivity contribution in [3.05, 3.63) is 22.8 Å². The third-order valence-corrected chi connectivity index (χ3v) is 2.75. The van der Waals surface area contributed by atoms with Crippen molar-refractivity contribution in [2.24, 2.45) is 0 Å². The normalized spacial score (nSPS) is 20.9. The number of rotatable bonds is 1. The maximum atomic E-state index is 13.1. The first-order chi connectivity index (χ1) is 6.74. The highest BCUT2D eigenvalue weighted by Gasteiger charge is 2.18. The summed E-state index contributed by atoms with van der Waals surface area (Å²) >= 11 is 0. The summed E-state index contributed by atoms with van der Waals surface area (Å²) in [6, 6.07) is 2.34. The predicted octanol–water partition coefficient (Wildman–Crippen LogP) is 0.530. The highest BCUT2D eigenvalue weighted by Crippen LogP contribution is 2.07. The van der Waals surface area contributed by atoms with Gasteiger partial charge < -0.3 is 9.88 Å². The number of nitrogens with one attached hydrogen (secondary N) is 1. The number of aromatic nitrogens is 1. The Bertz CT molecular complexity index is 436. The average molecular weight is 194 g/mol. The van der Waals surface area contributed by atoms with Crippen molar-refractivity contribution in [3.63, 3.8) is 0 Å². The number of hydrogen-bond donors (Lipinski definition) is 1. The van der Waals surface area contributed by atoms with Gasteiger partial charge in [0.25, 0.3) is 0 Å². The lowest BCUT2D eigenvalue weighted by molar-refractivity contribution is 0.339. The van der Waals surface area contributed by atoms with Crippen LogP contribution in [0.3, 0.4) is 0 Å². The number of halogens is 1. The van der Waals surface area contributed by atoms with E-state index in [9.17, 15) is 4.39 Å². The lowest BCUT2D eigenvalue weighted by Gasteiger charge is -2.29. The van der Waals surface area contributed by atoms with Crippen LogP contribution in [0.2, 0.25) is 0 Å². The molecule has 1 aromatic heterocycles. The average Bonchev–Trinajstić information content (AvgIpc) is 2.44. The molecular formula is C11H15FN2. The molecule has 1 fully saturated rings. The van der Waals surface area contributed by atoms with Crippen LogP contribution in [0.1, 0.15) is 19.9 Å². The first kappa shape index (κ1) is 9.46. The lowest BCUT2D eigenvalue weighted by Crippen LogP contribution is -2.47. The van der Waals surface area contributed by atoms with Gasteiger partial charge in [-0.1, -0.05) is 6.08 Å². The molecule has 0 unspecified atom stereocenters. The molecule has 0 amide bonds. The van der Waals surface area contributed by atoms with Crippen LogP contribution in [-0.2, 0) is 0 Å². The summed E-state index contributed by atoms with van der Waals surface area (Å²) in [4.78, 5) is 0. The highest BCUT2D eigenvalue weighted by atomic mass is 19.1. The second-order valence-corrected chi connectivity index (χ2v) is 3.66. The molecule has 0 spiro atoms. The monoisotopic (exact) mass is 194 g/mol. The largest absolute Gasteiger partial charge is 0.342 e. The molecule has 1 saturated heterocycles. The summed E-state index contributed by atoms with van der Waals surface area (Å²) in [5.41, 5.74) is 0. The van der Waals surface area contributed by atoms with Crippen LogP contribution in [0.25, 0.3) is 11.9 Å². The molecule has 76 valence electrons. The fourth-order valence-corrected chi connectivity index (χ4v) is 1.84. The van der Waals surface area contributed by atoms with E-state index in [2.05, 4.69) is 9.88 Å². The molecule has 2 rings (SSSR count). The molecule has 3 heteroatoms. The Labute approximate surface area is 82.7 Å². The van der Waals surface area contributed by atoms with E-state index < -0.39 is 0 Å². The van der Waals surface area contributed by atoms with Gasteiger partial charge in [0.05, 0.1) is 6.04 Å². The van der Waals surface area contributed by atoms with Gasteiger partial charge in [-0.15, -0.1) is 0 Å².